The van der Waals surface area contributed by atoms with Crippen LogP contribution in [0.5, 0.6) is 0 Å². The molecule has 7 heteroatoms. The van der Waals surface area contributed by atoms with Gasteiger partial charge in [-0.15, -0.1) is 5.10 Å². The van der Waals surface area contributed by atoms with Crippen LogP contribution in [0.4, 0.5) is 0 Å². The summed E-state index contributed by atoms with van der Waals surface area (Å²) >= 11 is 7.22. The maximum absolute atomic E-state index is 12.4. The van der Waals surface area contributed by atoms with Crippen molar-refractivity contribution in [3.05, 3.63) is 65.2 Å². The third kappa shape index (κ3) is 3.60. The summed E-state index contributed by atoms with van der Waals surface area (Å²) in [5, 5.41) is 12.6. The molecular weight excluding hydrogens is 332 g/mol. The standard InChI is InChI=1S/C16H13ClN4OS/c1-11(15(22)12-5-3-2-4-6-12)23-16-18-19-20-21(16)14-9-7-13(17)8-10-14/h2-11H,1H3/t11-/m1/s1. The molecule has 0 aliphatic heterocycles. The number of tetrazole rings is 1. The number of carbonyl (C=O) groups is 1. The van der Waals surface area contributed by atoms with Crippen molar-refractivity contribution in [2.75, 3.05) is 0 Å². The van der Waals surface area contributed by atoms with Crippen LogP contribution in [0.2, 0.25) is 5.02 Å². The van der Waals surface area contributed by atoms with Gasteiger partial charge in [0.1, 0.15) is 0 Å². The lowest BCUT2D eigenvalue weighted by atomic mass is 10.1. The molecule has 0 fully saturated rings. The van der Waals surface area contributed by atoms with Gasteiger partial charge in [-0.25, -0.2) is 0 Å². The molecule has 0 aliphatic rings. The van der Waals surface area contributed by atoms with Crippen LogP contribution in [-0.4, -0.2) is 31.2 Å². The van der Waals surface area contributed by atoms with Gasteiger partial charge >= 0.3 is 0 Å². The van der Waals surface area contributed by atoms with Gasteiger partial charge in [0.05, 0.1) is 10.9 Å². The monoisotopic (exact) mass is 344 g/mol. The number of aromatic nitrogens is 4. The van der Waals surface area contributed by atoms with E-state index in [2.05, 4.69) is 15.5 Å². The van der Waals surface area contributed by atoms with E-state index in [1.807, 2.05) is 49.4 Å². The second-order valence-corrected chi connectivity index (χ2v) is 6.58. The first-order valence-corrected chi connectivity index (χ1v) is 8.21. The van der Waals surface area contributed by atoms with Crippen LogP contribution in [0.25, 0.3) is 5.69 Å². The highest BCUT2D eigenvalue weighted by molar-refractivity contribution is 8.00. The average Bonchev–Trinajstić information content (AvgIpc) is 3.03. The molecular formula is C16H13ClN4OS. The molecule has 0 radical (unpaired) electrons. The molecule has 0 N–H and O–H groups in total. The Morgan fingerprint density at radius 2 is 1.83 bits per heavy atom. The van der Waals surface area contributed by atoms with E-state index in [4.69, 9.17) is 11.6 Å². The fraction of sp³-hybridized carbons (Fsp3) is 0.125. The second kappa shape index (κ2) is 6.93. The van der Waals surface area contributed by atoms with E-state index in [0.717, 1.165) is 5.69 Å². The van der Waals surface area contributed by atoms with E-state index in [0.29, 0.717) is 15.7 Å². The molecule has 2 aromatic carbocycles. The smallest absolute Gasteiger partial charge is 0.214 e. The van der Waals surface area contributed by atoms with Gasteiger partial charge in [0, 0.05) is 10.6 Å². The summed E-state index contributed by atoms with van der Waals surface area (Å²) in [5.74, 6) is 0.0428. The first kappa shape index (κ1) is 15.7. The molecule has 1 atom stereocenters. The number of thioether (sulfide) groups is 1. The first-order chi connectivity index (χ1) is 11.1. The van der Waals surface area contributed by atoms with E-state index in [-0.39, 0.29) is 11.0 Å². The van der Waals surface area contributed by atoms with Crippen LogP contribution in [0.15, 0.2) is 59.8 Å². The van der Waals surface area contributed by atoms with Crippen LogP contribution in [0, 0.1) is 0 Å². The zero-order valence-corrected chi connectivity index (χ0v) is 13.8. The number of nitrogens with zero attached hydrogens (tertiary/aromatic N) is 4. The molecule has 0 unspecified atom stereocenters. The third-order valence-electron chi connectivity index (χ3n) is 3.22. The van der Waals surface area contributed by atoms with Crippen LogP contribution < -0.4 is 0 Å². The zero-order chi connectivity index (χ0) is 16.2. The number of rotatable bonds is 5. The summed E-state index contributed by atoms with van der Waals surface area (Å²) in [6.07, 6.45) is 0. The Morgan fingerprint density at radius 1 is 1.13 bits per heavy atom. The highest BCUT2D eigenvalue weighted by atomic mass is 35.5. The molecule has 0 amide bonds. The Labute approximate surface area is 142 Å². The Kier molecular flexibility index (Phi) is 4.73. The lowest BCUT2D eigenvalue weighted by Gasteiger charge is -2.10. The number of hydrogen-bond donors (Lipinski definition) is 0. The maximum Gasteiger partial charge on any atom is 0.214 e. The summed E-state index contributed by atoms with van der Waals surface area (Å²) in [6.45, 7) is 1.85. The molecule has 0 saturated carbocycles. The van der Waals surface area contributed by atoms with Gasteiger partial charge in [-0.05, 0) is 41.6 Å². The van der Waals surface area contributed by atoms with Gasteiger partial charge in [-0.1, -0.05) is 53.7 Å². The Bertz CT molecular complexity index is 804. The van der Waals surface area contributed by atoms with E-state index in [1.54, 1.807) is 16.8 Å². The van der Waals surface area contributed by atoms with Crippen molar-refractivity contribution in [2.45, 2.75) is 17.3 Å². The molecule has 1 aromatic heterocycles. The summed E-state index contributed by atoms with van der Waals surface area (Å²) in [6, 6.07) is 16.4. The van der Waals surface area contributed by atoms with Crippen molar-refractivity contribution < 1.29 is 4.79 Å². The topological polar surface area (TPSA) is 60.7 Å². The molecule has 0 bridgehead atoms. The highest BCUT2D eigenvalue weighted by Crippen LogP contribution is 2.25. The molecule has 116 valence electrons. The number of benzene rings is 2. The molecule has 23 heavy (non-hydrogen) atoms. The van der Waals surface area contributed by atoms with Crippen LogP contribution >= 0.6 is 23.4 Å². The van der Waals surface area contributed by atoms with Crippen molar-refractivity contribution in [1.82, 2.24) is 20.2 Å². The minimum atomic E-state index is -0.297. The van der Waals surface area contributed by atoms with Gasteiger partial charge in [0.15, 0.2) is 5.78 Å². The summed E-state index contributed by atoms with van der Waals surface area (Å²) in [5.41, 5.74) is 1.47. The van der Waals surface area contributed by atoms with E-state index >= 15 is 0 Å². The minimum Gasteiger partial charge on any atom is -0.293 e. The molecule has 0 aliphatic carbocycles. The van der Waals surface area contributed by atoms with Gasteiger partial charge in [0.25, 0.3) is 0 Å². The predicted octanol–water partition coefficient (Wildman–Crippen LogP) is 3.68. The third-order valence-corrected chi connectivity index (χ3v) is 4.51. The zero-order valence-electron chi connectivity index (χ0n) is 12.3. The Hall–Kier alpha value is -2.18. The number of hydrogen-bond acceptors (Lipinski definition) is 5. The van der Waals surface area contributed by atoms with Crippen LogP contribution in [0.1, 0.15) is 17.3 Å². The van der Waals surface area contributed by atoms with E-state index < -0.39 is 0 Å². The number of ketones is 1. The summed E-state index contributed by atoms with van der Waals surface area (Å²) in [4.78, 5) is 12.4. The number of carbonyl (C=O) groups excluding carboxylic acids is 1. The van der Waals surface area contributed by atoms with E-state index in [9.17, 15) is 4.79 Å². The SMILES string of the molecule is C[C@@H](Sc1nnnn1-c1ccc(Cl)cc1)C(=O)c1ccccc1. The van der Waals surface area contributed by atoms with Crippen molar-refractivity contribution in [3.8, 4) is 5.69 Å². The molecule has 5 nitrogen and oxygen atoms in total. The molecule has 1 heterocycles. The van der Waals surface area contributed by atoms with Crippen molar-refractivity contribution in [1.29, 1.82) is 0 Å². The lowest BCUT2D eigenvalue weighted by Crippen LogP contribution is -2.14. The van der Waals surface area contributed by atoms with Gasteiger partial charge in [0.2, 0.25) is 5.16 Å². The predicted molar refractivity (Wildman–Crippen MR) is 90.3 cm³/mol. The summed E-state index contributed by atoms with van der Waals surface area (Å²) < 4.78 is 1.59. The molecule has 0 saturated heterocycles. The van der Waals surface area contributed by atoms with Crippen LogP contribution in [0.3, 0.4) is 0 Å². The fourth-order valence-electron chi connectivity index (χ4n) is 2.05. The summed E-state index contributed by atoms with van der Waals surface area (Å²) in [7, 11) is 0. The lowest BCUT2D eigenvalue weighted by molar-refractivity contribution is 0.0994. The second-order valence-electron chi connectivity index (χ2n) is 4.84. The van der Waals surface area contributed by atoms with Gasteiger partial charge in [-0.2, -0.15) is 4.68 Å². The van der Waals surface area contributed by atoms with Crippen molar-refractivity contribution >= 4 is 29.1 Å². The number of Topliss-reactive ketones (excluding diaryl/α,β-unsaturated/α-hetero) is 1. The van der Waals surface area contributed by atoms with Gasteiger partial charge in [-0.3, -0.25) is 4.79 Å². The maximum atomic E-state index is 12.4. The Morgan fingerprint density at radius 3 is 2.52 bits per heavy atom. The van der Waals surface area contributed by atoms with E-state index in [1.165, 1.54) is 11.8 Å². The van der Waals surface area contributed by atoms with Crippen molar-refractivity contribution in [2.24, 2.45) is 0 Å². The Balaban J connectivity index is 1.80. The minimum absolute atomic E-state index is 0.0428. The molecule has 3 rings (SSSR count). The quantitative estimate of drug-likeness (QED) is 0.522. The van der Waals surface area contributed by atoms with Crippen LogP contribution in [-0.2, 0) is 0 Å². The largest absolute Gasteiger partial charge is 0.293 e. The van der Waals surface area contributed by atoms with Crippen molar-refractivity contribution in [3.63, 3.8) is 0 Å². The fourth-order valence-corrected chi connectivity index (χ4v) is 3.06. The molecule has 3 aromatic rings. The first-order valence-electron chi connectivity index (χ1n) is 6.95. The highest BCUT2D eigenvalue weighted by Gasteiger charge is 2.20. The number of halogens is 1. The molecule has 0 spiro atoms. The average molecular weight is 345 g/mol. The van der Waals surface area contributed by atoms with Gasteiger partial charge < -0.3 is 0 Å². The normalized spacial score (nSPS) is 12.1.